The molecule has 0 unspecified atom stereocenters. The second kappa shape index (κ2) is 4.44. The smallest absolute Gasteiger partial charge is 0.319 e. The van der Waals surface area contributed by atoms with Gasteiger partial charge in [-0.1, -0.05) is 24.3 Å². The highest BCUT2D eigenvalue weighted by Crippen LogP contribution is 2.41. The zero-order chi connectivity index (χ0) is 14.3. The van der Waals surface area contributed by atoms with Crippen molar-refractivity contribution in [1.82, 2.24) is 10.2 Å². The molecule has 20 heavy (non-hydrogen) atoms. The highest BCUT2D eigenvalue weighted by molar-refractivity contribution is 6.08. The van der Waals surface area contributed by atoms with Gasteiger partial charge in [-0.05, 0) is 30.9 Å². The van der Waals surface area contributed by atoms with Crippen molar-refractivity contribution in [3.8, 4) is 0 Å². The first-order valence-corrected chi connectivity index (χ1v) is 6.76. The number of nitrogens with zero attached hydrogens (tertiary/aromatic N) is 1. The van der Waals surface area contributed by atoms with Crippen molar-refractivity contribution >= 4 is 17.7 Å². The molecule has 1 spiro atoms. The van der Waals surface area contributed by atoms with Crippen LogP contribution in [0.5, 0.6) is 0 Å². The number of amides is 3. The quantitative estimate of drug-likeness (QED) is 0.845. The number of nitrogens with one attached hydrogen (secondary N) is 1. The Morgan fingerprint density at radius 2 is 2.10 bits per heavy atom. The first-order chi connectivity index (χ1) is 9.54. The van der Waals surface area contributed by atoms with Crippen LogP contribution in [0.3, 0.4) is 0 Å². The summed E-state index contributed by atoms with van der Waals surface area (Å²) in [6.45, 7) is 1.61. The van der Waals surface area contributed by atoms with Crippen molar-refractivity contribution in [1.29, 1.82) is 0 Å². The third-order valence-corrected chi connectivity index (χ3v) is 4.11. The summed E-state index contributed by atoms with van der Waals surface area (Å²) in [6.07, 6.45) is 1.58. The first-order valence-electron chi connectivity index (χ1n) is 6.76. The largest absolute Gasteiger partial charge is 0.325 e. The van der Waals surface area contributed by atoms with Gasteiger partial charge >= 0.3 is 6.03 Å². The van der Waals surface area contributed by atoms with Crippen LogP contribution in [0.25, 0.3) is 0 Å². The van der Waals surface area contributed by atoms with Crippen LogP contribution in [-0.2, 0) is 21.5 Å². The molecule has 5 nitrogen and oxygen atoms in total. The van der Waals surface area contributed by atoms with Gasteiger partial charge in [0.2, 0.25) is 0 Å². The Bertz CT molecular complexity index is 611. The minimum atomic E-state index is -0.912. The molecular weight excluding hydrogens is 256 g/mol. The summed E-state index contributed by atoms with van der Waals surface area (Å²) < 4.78 is 0. The molecule has 1 aromatic carbocycles. The number of rotatable bonds is 3. The van der Waals surface area contributed by atoms with Crippen LogP contribution >= 0.6 is 0 Å². The molecule has 0 saturated carbocycles. The Kier molecular flexibility index (Phi) is 2.85. The highest BCUT2D eigenvalue weighted by atomic mass is 16.2. The van der Waals surface area contributed by atoms with Crippen LogP contribution in [0.1, 0.15) is 30.9 Å². The van der Waals surface area contributed by atoms with Crippen LogP contribution in [0.15, 0.2) is 24.3 Å². The van der Waals surface area contributed by atoms with Crippen LogP contribution < -0.4 is 5.32 Å². The fraction of sp³-hybridized carbons (Fsp3) is 0.400. The van der Waals surface area contributed by atoms with E-state index in [1.807, 2.05) is 24.3 Å². The van der Waals surface area contributed by atoms with E-state index in [0.717, 1.165) is 17.5 Å². The molecule has 0 radical (unpaired) electrons. The zero-order valence-electron chi connectivity index (χ0n) is 11.3. The van der Waals surface area contributed by atoms with Gasteiger partial charge in [0, 0.05) is 13.0 Å². The summed E-state index contributed by atoms with van der Waals surface area (Å²) in [7, 11) is 0. The van der Waals surface area contributed by atoms with Gasteiger partial charge in [-0.25, -0.2) is 4.79 Å². The van der Waals surface area contributed by atoms with E-state index in [4.69, 9.17) is 0 Å². The van der Waals surface area contributed by atoms with E-state index in [1.165, 1.54) is 11.8 Å². The lowest BCUT2D eigenvalue weighted by molar-refractivity contribution is -0.131. The molecule has 3 rings (SSSR count). The third-order valence-electron chi connectivity index (χ3n) is 4.11. The monoisotopic (exact) mass is 272 g/mol. The SMILES string of the molecule is CC(=O)CCN1C(=O)N[C@]2(CCc3ccccc32)C1=O. The maximum absolute atomic E-state index is 12.6. The number of ketones is 1. The topological polar surface area (TPSA) is 66.5 Å². The highest BCUT2D eigenvalue weighted by Gasteiger charge is 2.54. The minimum absolute atomic E-state index is 0.0293. The molecule has 1 atom stereocenters. The van der Waals surface area contributed by atoms with Crippen LogP contribution in [0.4, 0.5) is 4.79 Å². The van der Waals surface area contributed by atoms with Gasteiger partial charge in [0.15, 0.2) is 0 Å². The molecule has 5 heteroatoms. The van der Waals surface area contributed by atoms with E-state index in [9.17, 15) is 14.4 Å². The van der Waals surface area contributed by atoms with Gasteiger partial charge < -0.3 is 5.32 Å². The minimum Gasteiger partial charge on any atom is -0.319 e. The molecule has 1 saturated heterocycles. The molecule has 3 amide bonds. The number of urea groups is 1. The number of Topliss-reactive ketones (excluding diaryl/α,β-unsaturated/α-hetero) is 1. The molecule has 1 heterocycles. The van der Waals surface area contributed by atoms with Crippen molar-refractivity contribution in [2.75, 3.05) is 6.54 Å². The van der Waals surface area contributed by atoms with E-state index >= 15 is 0 Å². The van der Waals surface area contributed by atoms with Gasteiger partial charge in [0.05, 0.1) is 0 Å². The van der Waals surface area contributed by atoms with Gasteiger partial charge in [0.1, 0.15) is 11.3 Å². The number of imide groups is 1. The number of hydrogen-bond acceptors (Lipinski definition) is 3. The molecule has 1 aliphatic heterocycles. The van der Waals surface area contributed by atoms with Crippen LogP contribution in [0.2, 0.25) is 0 Å². The Morgan fingerprint density at radius 1 is 1.35 bits per heavy atom. The van der Waals surface area contributed by atoms with E-state index in [2.05, 4.69) is 5.32 Å². The lowest BCUT2D eigenvalue weighted by atomic mass is 9.92. The van der Waals surface area contributed by atoms with Gasteiger partial charge in [-0.3, -0.25) is 14.5 Å². The predicted octanol–water partition coefficient (Wildman–Crippen LogP) is 1.36. The standard InChI is InChI=1S/C15H16N2O3/c1-10(18)7-9-17-13(19)15(16-14(17)20)8-6-11-4-2-3-5-12(11)15/h2-5H,6-9H2,1H3,(H,16,20)/t15-/m0/s1. The number of benzene rings is 1. The molecular formula is C15H16N2O3. The molecule has 1 aliphatic carbocycles. The Labute approximate surface area is 116 Å². The molecule has 104 valence electrons. The summed E-state index contributed by atoms with van der Waals surface area (Å²) >= 11 is 0. The van der Waals surface area contributed by atoms with Crippen molar-refractivity contribution < 1.29 is 14.4 Å². The lowest BCUT2D eigenvalue weighted by Gasteiger charge is -2.22. The van der Waals surface area contributed by atoms with E-state index in [1.54, 1.807) is 0 Å². The Hall–Kier alpha value is -2.17. The maximum Gasteiger partial charge on any atom is 0.325 e. The van der Waals surface area contributed by atoms with Crippen molar-refractivity contribution in [3.05, 3.63) is 35.4 Å². The summed E-state index contributed by atoms with van der Waals surface area (Å²) in [6, 6.07) is 7.31. The average molecular weight is 272 g/mol. The first kappa shape index (κ1) is 12.8. The van der Waals surface area contributed by atoms with Crippen LogP contribution in [0, 0.1) is 0 Å². The van der Waals surface area contributed by atoms with Gasteiger partial charge in [0.25, 0.3) is 5.91 Å². The number of carbonyl (C=O) groups excluding carboxylic acids is 3. The number of carbonyl (C=O) groups is 3. The van der Waals surface area contributed by atoms with E-state index in [-0.39, 0.29) is 24.7 Å². The molecule has 0 bridgehead atoms. The molecule has 2 aliphatic rings. The molecule has 1 aromatic rings. The lowest BCUT2D eigenvalue weighted by Crippen LogP contribution is -2.42. The normalized spacial score (nSPS) is 24.1. The predicted molar refractivity (Wildman–Crippen MR) is 72.0 cm³/mol. The van der Waals surface area contributed by atoms with Crippen molar-refractivity contribution in [2.24, 2.45) is 0 Å². The van der Waals surface area contributed by atoms with Gasteiger partial charge in [-0.2, -0.15) is 0 Å². The van der Waals surface area contributed by atoms with Gasteiger partial charge in [-0.15, -0.1) is 0 Å². The molecule has 1 N–H and O–H groups in total. The van der Waals surface area contributed by atoms with Crippen molar-refractivity contribution in [3.63, 3.8) is 0 Å². The third kappa shape index (κ3) is 1.73. The molecule has 0 aromatic heterocycles. The van der Waals surface area contributed by atoms with E-state index in [0.29, 0.717) is 6.42 Å². The summed E-state index contributed by atoms with van der Waals surface area (Å²) in [5.74, 6) is -0.257. The van der Waals surface area contributed by atoms with Crippen molar-refractivity contribution in [2.45, 2.75) is 31.7 Å². The summed E-state index contributed by atoms with van der Waals surface area (Å²) in [5, 5.41) is 2.84. The number of fused-ring (bicyclic) bond motifs is 2. The maximum atomic E-state index is 12.6. The fourth-order valence-corrected chi connectivity index (χ4v) is 3.06. The fourth-order valence-electron chi connectivity index (χ4n) is 3.06. The second-order valence-corrected chi connectivity index (χ2v) is 5.40. The summed E-state index contributed by atoms with van der Waals surface area (Å²) in [5.41, 5.74) is 1.09. The summed E-state index contributed by atoms with van der Waals surface area (Å²) in [4.78, 5) is 36.9. The molecule has 1 fully saturated rings. The second-order valence-electron chi connectivity index (χ2n) is 5.40. The zero-order valence-corrected chi connectivity index (χ0v) is 11.3. The number of hydrogen-bond donors (Lipinski definition) is 1. The van der Waals surface area contributed by atoms with E-state index < -0.39 is 11.6 Å². The number of aryl methyl sites for hydroxylation is 1. The average Bonchev–Trinajstić information content (AvgIpc) is 2.89. The van der Waals surface area contributed by atoms with Crippen LogP contribution in [-0.4, -0.2) is 29.2 Å². The Balaban J connectivity index is 1.92. The Morgan fingerprint density at radius 3 is 2.85 bits per heavy atom.